The largest absolute Gasteiger partial charge is 0.367 e. The summed E-state index contributed by atoms with van der Waals surface area (Å²) >= 11 is 0. The molecule has 3 heterocycles. The summed E-state index contributed by atoms with van der Waals surface area (Å²) in [5.74, 6) is 1.66. The SMILES string of the molecule is CCc1cc(N2CCC(Nc3ccc([N+](=O)[O-])cn3)CC2)ncn1. The summed E-state index contributed by atoms with van der Waals surface area (Å²) in [6.07, 6.45) is 5.73. The fraction of sp³-hybridized carbons (Fsp3) is 0.438. The van der Waals surface area contributed by atoms with E-state index >= 15 is 0 Å². The van der Waals surface area contributed by atoms with Crippen LogP contribution in [0.2, 0.25) is 0 Å². The highest BCUT2D eigenvalue weighted by Gasteiger charge is 2.20. The van der Waals surface area contributed by atoms with E-state index in [1.165, 1.54) is 12.3 Å². The highest BCUT2D eigenvalue weighted by atomic mass is 16.6. The maximum absolute atomic E-state index is 10.6. The number of nitrogens with one attached hydrogen (secondary N) is 1. The molecule has 2 aromatic rings. The number of hydrogen-bond donors (Lipinski definition) is 1. The van der Waals surface area contributed by atoms with Crippen LogP contribution in [0.1, 0.15) is 25.5 Å². The van der Waals surface area contributed by atoms with Crippen LogP contribution in [0.5, 0.6) is 0 Å². The van der Waals surface area contributed by atoms with Crippen molar-refractivity contribution in [2.45, 2.75) is 32.2 Å². The average Bonchev–Trinajstić information content (AvgIpc) is 2.63. The van der Waals surface area contributed by atoms with Gasteiger partial charge in [-0.2, -0.15) is 0 Å². The number of hydrogen-bond acceptors (Lipinski definition) is 7. The third-order valence-corrected chi connectivity index (χ3v) is 4.20. The lowest BCUT2D eigenvalue weighted by Gasteiger charge is -2.33. The predicted octanol–water partition coefficient (Wildman–Crippen LogP) is 2.42. The molecule has 3 rings (SSSR count). The van der Waals surface area contributed by atoms with Crippen molar-refractivity contribution < 1.29 is 4.92 Å². The lowest BCUT2D eigenvalue weighted by molar-refractivity contribution is -0.385. The van der Waals surface area contributed by atoms with Gasteiger partial charge in [-0.15, -0.1) is 0 Å². The van der Waals surface area contributed by atoms with Gasteiger partial charge in [-0.25, -0.2) is 15.0 Å². The van der Waals surface area contributed by atoms with Gasteiger partial charge in [0, 0.05) is 37.0 Å². The molecule has 0 aliphatic carbocycles. The summed E-state index contributed by atoms with van der Waals surface area (Å²) in [4.78, 5) is 25.2. The number of piperidine rings is 1. The maximum Gasteiger partial charge on any atom is 0.287 e. The van der Waals surface area contributed by atoms with E-state index in [0.717, 1.165) is 43.9 Å². The minimum Gasteiger partial charge on any atom is -0.367 e. The zero-order valence-corrected chi connectivity index (χ0v) is 13.6. The smallest absolute Gasteiger partial charge is 0.287 e. The second-order valence-electron chi connectivity index (χ2n) is 5.79. The van der Waals surface area contributed by atoms with Crippen LogP contribution >= 0.6 is 0 Å². The molecule has 1 saturated heterocycles. The Morgan fingerprint density at radius 2 is 2.08 bits per heavy atom. The van der Waals surface area contributed by atoms with Gasteiger partial charge in [0.1, 0.15) is 24.2 Å². The highest BCUT2D eigenvalue weighted by molar-refractivity contribution is 5.43. The Kier molecular flexibility index (Phi) is 4.83. The highest BCUT2D eigenvalue weighted by Crippen LogP contribution is 2.21. The van der Waals surface area contributed by atoms with E-state index in [2.05, 4.69) is 32.1 Å². The molecule has 0 saturated carbocycles. The van der Waals surface area contributed by atoms with E-state index in [1.807, 2.05) is 6.07 Å². The minimum absolute atomic E-state index is 0.00543. The number of anilines is 2. The number of nitro groups is 1. The van der Waals surface area contributed by atoms with Crippen molar-refractivity contribution in [3.63, 3.8) is 0 Å². The molecule has 0 spiro atoms. The second kappa shape index (κ2) is 7.20. The minimum atomic E-state index is -0.443. The molecule has 1 aliphatic rings. The topological polar surface area (TPSA) is 97.1 Å². The van der Waals surface area contributed by atoms with Crippen molar-refractivity contribution in [1.29, 1.82) is 0 Å². The molecule has 1 fully saturated rings. The summed E-state index contributed by atoms with van der Waals surface area (Å²) in [5, 5.41) is 14.0. The van der Waals surface area contributed by atoms with Crippen molar-refractivity contribution in [2.75, 3.05) is 23.3 Å². The monoisotopic (exact) mass is 328 g/mol. The first-order chi connectivity index (χ1) is 11.7. The number of aryl methyl sites for hydroxylation is 1. The van der Waals surface area contributed by atoms with Crippen molar-refractivity contribution in [1.82, 2.24) is 15.0 Å². The predicted molar refractivity (Wildman–Crippen MR) is 91.2 cm³/mol. The van der Waals surface area contributed by atoms with Crippen LogP contribution < -0.4 is 10.2 Å². The van der Waals surface area contributed by atoms with Crippen molar-refractivity contribution in [3.05, 3.63) is 46.5 Å². The van der Waals surface area contributed by atoms with Gasteiger partial charge < -0.3 is 10.2 Å². The number of pyridine rings is 1. The van der Waals surface area contributed by atoms with E-state index in [-0.39, 0.29) is 5.69 Å². The van der Waals surface area contributed by atoms with Crippen LogP contribution in [-0.2, 0) is 6.42 Å². The van der Waals surface area contributed by atoms with Gasteiger partial charge >= 0.3 is 0 Å². The molecule has 24 heavy (non-hydrogen) atoms. The van der Waals surface area contributed by atoms with E-state index in [1.54, 1.807) is 12.4 Å². The molecule has 2 aromatic heterocycles. The van der Waals surface area contributed by atoms with Gasteiger partial charge in [-0.05, 0) is 25.3 Å². The summed E-state index contributed by atoms with van der Waals surface area (Å²) < 4.78 is 0. The lowest BCUT2D eigenvalue weighted by Crippen LogP contribution is -2.39. The van der Waals surface area contributed by atoms with Crippen molar-refractivity contribution in [2.24, 2.45) is 0 Å². The standard InChI is InChI=1S/C16H20N6O2/c1-2-12-9-16(19-11-18-12)21-7-5-13(6-8-21)20-15-4-3-14(10-17-15)22(23)24/h3-4,9-11,13H,2,5-8H2,1H3,(H,17,20). The van der Waals surface area contributed by atoms with E-state index in [4.69, 9.17) is 0 Å². The molecule has 1 N–H and O–H groups in total. The Bertz CT molecular complexity index is 698. The number of aromatic nitrogens is 3. The Morgan fingerprint density at radius 3 is 2.71 bits per heavy atom. The third-order valence-electron chi connectivity index (χ3n) is 4.20. The first kappa shape index (κ1) is 16.1. The van der Waals surface area contributed by atoms with E-state index < -0.39 is 4.92 Å². The van der Waals surface area contributed by atoms with Gasteiger partial charge in [0.25, 0.3) is 5.69 Å². The normalized spacial score (nSPS) is 15.3. The second-order valence-corrected chi connectivity index (χ2v) is 5.79. The molecular formula is C16H20N6O2. The third kappa shape index (κ3) is 3.76. The van der Waals surface area contributed by atoms with Crippen LogP contribution in [0, 0.1) is 10.1 Å². The lowest BCUT2D eigenvalue weighted by atomic mass is 10.0. The zero-order valence-electron chi connectivity index (χ0n) is 13.6. The number of rotatable bonds is 5. The maximum atomic E-state index is 10.6. The van der Waals surface area contributed by atoms with Gasteiger partial charge in [0.15, 0.2) is 0 Å². The quantitative estimate of drug-likeness (QED) is 0.665. The molecule has 8 heteroatoms. The van der Waals surface area contributed by atoms with Gasteiger partial charge in [-0.1, -0.05) is 6.92 Å². The molecule has 1 aliphatic heterocycles. The summed E-state index contributed by atoms with van der Waals surface area (Å²) in [7, 11) is 0. The Labute approximate surface area is 140 Å². The zero-order chi connectivity index (χ0) is 16.9. The Hall–Kier alpha value is -2.77. The molecule has 0 unspecified atom stereocenters. The summed E-state index contributed by atoms with van der Waals surface area (Å²) in [5.41, 5.74) is 1.06. The van der Waals surface area contributed by atoms with Crippen LogP contribution in [0.3, 0.4) is 0 Å². The first-order valence-corrected chi connectivity index (χ1v) is 8.08. The van der Waals surface area contributed by atoms with Gasteiger partial charge in [0.2, 0.25) is 0 Å². The molecular weight excluding hydrogens is 308 g/mol. The number of nitrogens with zero attached hydrogens (tertiary/aromatic N) is 5. The molecule has 0 radical (unpaired) electrons. The van der Waals surface area contributed by atoms with Crippen LogP contribution in [0.15, 0.2) is 30.7 Å². The Morgan fingerprint density at radius 1 is 1.29 bits per heavy atom. The fourth-order valence-corrected chi connectivity index (χ4v) is 2.79. The molecule has 0 bridgehead atoms. The van der Waals surface area contributed by atoms with E-state index in [0.29, 0.717) is 11.9 Å². The van der Waals surface area contributed by atoms with Crippen molar-refractivity contribution >= 4 is 17.3 Å². The first-order valence-electron chi connectivity index (χ1n) is 8.08. The molecule has 126 valence electrons. The van der Waals surface area contributed by atoms with Crippen molar-refractivity contribution in [3.8, 4) is 0 Å². The summed E-state index contributed by atoms with van der Waals surface area (Å²) in [6.45, 7) is 3.90. The van der Waals surface area contributed by atoms with E-state index in [9.17, 15) is 10.1 Å². The molecule has 0 amide bonds. The van der Waals surface area contributed by atoms with Crippen LogP contribution in [-0.4, -0.2) is 39.0 Å². The van der Waals surface area contributed by atoms with Crippen LogP contribution in [0.25, 0.3) is 0 Å². The fourth-order valence-electron chi connectivity index (χ4n) is 2.79. The summed E-state index contributed by atoms with van der Waals surface area (Å²) in [6, 6.07) is 5.48. The van der Waals surface area contributed by atoms with Gasteiger partial charge in [-0.3, -0.25) is 10.1 Å². The molecule has 8 nitrogen and oxygen atoms in total. The van der Waals surface area contributed by atoms with Crippen LogP contribution in [0.4, 0.5) is 17.3 Å². The molecule has 0 atom stereocenters. The van der Waals surface area contributed by atoms with Gasteiger partial charge in [0.05, 0.1) is 4.92 Å². The molecule has 0 aromatic carbocycles. The Balaban J connectivity index is 1.55. The average molecular weight is 328 g/mol.